The van der Waals surface area contributed by atoms with Gasteiger partial charge in [-0.2, -0.15) is 11.3 Å². The summed E-state index contributed by atoms with van der Waals surface area (Å²) < 4.78 is 0. The van der Waals surface area contributed by atoms with Gasteiger partial charge in [-0.15, -0.1) is 0 Å². The maximum Gasteiger partial charge on any atom is 0.305 e. The monoisotopic (exact) mass is 309 g/mol. The lowest BCUT2D eigenvalue weighted by molar-refractivity contribution is -0.137. The summed E-state index contributed by atoms with van der Waals surface area (Å²) in [5.41, 5.74) is 1.24. The van der Waals surface area contributed by atoms with Crippen molar-refractivity contribution in [3.8, 4) is 0 Å². The Morgan fingerprint density at radius 2 is 1.95 bits per heavy atom. The summed E-state index contributed by atoms with van der Waals surface area (Å²) in [6.07, 6.45) is -0.183. The van der Waals surface area contributed by atoms with Gasteiger partial charge < -0.3 is 10.4 Å². The molecule has 0 aliphatic rings. The number of carbonyl (C=O) groups excluding carboxylic acids is 1. The quantitative estimate of drug-likeness (QED) is 0.890. The summed E-state index contributed by atoms with van der Waals surface area (Å²) in [7, 11) is 0. The molecule has 0 bridgehead atoms. The lowest BCUT2D eigenvalue weighted by Crippen LogP contribution is -2.29. The Bertz CT molecular complexity index is 595. The molecular weight excluding hydrogens is 298 g/mol. The molecule has 0 saturated heterocycles. The first-order valence-corrected chi connectivity index (χ1v) is 7.18. The van der Waals surface area contributed by atoms with E-state index in [1.165, 1.54) is 11.3 Å². The molecular formula is C14H12ClNO3S. The Labute approximate surface area is 125 Å². The predicted octanol–water partition coefficient (Wildman–Crippen LogP) is 3.35. The molecule has 1 aromatic carbocycles. The molecule has 0 aliphatic carbocycles. The maximum absolute atomic E-state index is 12.0. The van der Waals surface area contributed by atoms with E-state index in [2.05, 4.69) is 5.32 Å². The lowest BCUT2D eigenvalue weighted by Gasteiger charge is -2.17. The van der Waals surface area contributed by atoms with E-state index in [-0.39, 0.29) is 12.3 Å². The fraction of sp³-hybridized carbons (Fsp3) is 0.143. The van der Waals surface area contributed by atoms with Crippen molar-refractivity contribution in [1.82, 2.24) is 5.32 Å². The molecule has 0 aliphatic heterocycles. The van der Waals surface area contributed by atoms with Crippen LogP contribution in [-0.2, 0) is 4.79 Å². The molecule has 0 saturated carbocycles. The van der Waals surface area contributed by atoms with Crippen LogP contribution < -0.4 is 5.32 Å². The molecule has 104 valence electrons. The maximum atomic E-state index is 12.0. The van der Waals surface area contributed by atoms with Gasteiger partial charge in [0, 0.05) is 10.4 Å². The van der Waals surface area contributed by atoms with Crippen molar-refractivity contribution in [1.29, 1.82) is 0 Å². The molecule has 6 heteroatoms. The van der Waals surface area contributed by atoms with Crippen molar-refractivity contribution < 1.29 is 14.7 Å². The average molecular weight is 310 g/mol. The van der Waals surface area contributed by atoms with Crippen LogP contribution in [0.15, 0.2) is 41.1 Å². The number of rotatable bonds is 5. The fourth-order valence-electron chi connectivity index (χ4n) is 1.76. The van der Waals surface area contributed by atoms with Crippen LogP contribution in [0.25, 0.3) is 0 Å². The molecule has 4 nitrogen and oxygen atoms in total. The summed E-state index contributed by atoms with van der Waals surface area (Å²) in [5, 5.41) is 15.8. The van der Waals surface area contributed by atoms with Gasteiger partial charge in [0.25, 0.3) is 5.91 Å². The second-order valence-electron chi connectivity index (χ2n) is 4.19. The number of halogens is 1. The molecule has 1 unspecified atom stereocenters. The van der Waals surface area contributed by atoms with E-state index < -0.39 is 12.0 Å². The third kappa shape index (κ3) is 3.82. The van der Waals surface area contributed by atoms with Crippen molar-refractivity contribution in [3.63, 3.8) is 0 Å². The standard InChI is InChI=1S/C14H12ClNO3S/c15-11-3-1-9(2-4-11)12(7-13(17)18)16-14(19)10-5-6-20-8-10/h1-6,8,12H,7H2,(H,16,19)(H,17,18). The van der Waals surface area contributed by atoms with E-state index in [1.807, 2.05) is 0 Å². The van der Waals surface area contributed by atoms with E-state index >= 15 is 0 Å². The van der Waals surface area contributed by atoms with Crippen LogP contribution in [0.4, 0.5) is 0 Å². The number of carboxylic acid groups (broad SMARTS) is 1. The van der Waals surface area contributed by atoms with Crippen molar-refractivity contribution in [2.24, 2.45) is 0 Å². The minimum Gasteiger partial charge on any atom is -0.481 e. The molecule has 1 aromatic heterocycles. The smallest absolute Gasteiger partial charge is 0.305 e. The molecule has 0 spiro atoms. The SMILES string of the molecule is O=C(O)CC(NC(=O)c1ccsc1)c1ccc(Cl)cc1. The highest BCUT2D eigenvalue weighted by atomic mass is 35.5. The minimum absolute atomic E-state index is 0.183. The number of thiophene rings is 1. The van der Waals surface area contributed by atoms with Gasteiger partial charge in [0.2, 0.25) is 0 Å². The summed E-state index contributed by atoms with van der Waals surface area (Å²) in [4.78, 5) is 23.0. The second-order valence-corrected chi connectivity index (χ2v) is 5.40. The normalized spacial score (nSPS) is 11.8. The third-order valence-electron chi connectivity index (χ3n) is 2.74. The third-order valence-corrected chi connectivity index (χ3v) is 3.68. The fourth-order valence-corrected chi connectivity index (χ4v) is 2.52. The number of amides is 1. The van der Waals surface area contributed by atoms with Crippen molar-refractivity contribution in [2.75, 3.05) is 0 Å². The predicted molar refractivity (Wildman–Crippen MR) is 78.2 cm³/mol. The molecule has 2 N–H and O–H groups in total. The Morgan fingerprint density at radius 3 is 2.50 bits per heavy atom. The highest BCUT2D eigenvalue weighted by Gasteiger charge is 2.19. The summed E-state index contributed by atoms with van der Waals surface area (Å²) in [5.74, 6) is -1.26. The Morgan fingerprint density at radius 1 is 1.25 bits per heavy atom. The number of nitrogens with one attached hydrogen (secondary N) is 1. The molecule has 1 heterocycles. The van der Waals surface area contributed by atoms with Gasteiger partial charge in [-0.05, 0) is 29.1 Å². The van der Waals surface area contributed by atoms with E-state index in [0.717, 1.165) is 0 Å². The van der Waals surface area contributed by atoms with Crippen LogP contribution in [0, 0.1) is 0 Å². The highest BCUT2D eigenvalue weighted by Crippen LogP contribution is 2.20. The number of hydrogen-bond acceptors (Lipinski definition) is 3. The van der Waals surface area contributed by atoms with E-state index in [4.69, 9.17) is 16.7 Å². The van der Waals surface area contributed by atoms with E-state index in [0.29, 0.717) is 16.1 Å². The molecule has 1 atom stereocenters. The Kier molecular flexibility index (Phi) is 4.76. The zero-order chi connectivity index (χ0) is 14.5. The number of carbonyl (C=O) groups is 2. The van der Waals surface area contributed by atoms with Gasteiger partial charge in [-0.1, -0.05) is 23.7 Å². The van der Waals surface area contributed by atoms with Crippen LogP contribution in [0.5, 0.6) is 0 Å². The van der Waals surface area contributed by atoms with Gasteiger partial charge in [-0.3, -0.25) is 9.59 Å². The number of benzene rings is 1. The van der Waals surface area contributed by atoms with E-state index in [9.17, 15) is 9.59 Å². The number of hydrogen-bond donors (Lipinski definition) is 2. The van der Waals surface area contributed by atoms with Crippen molar-refractivity contribution in [2.45, 2.75) is 12.5 Å². The summed E-state index contributed by atoms with van der Waals surface area (Å²) in [6, 6.07) is 7.87. The molecule has 1 amide bonds. The van der Waals surface area contributed by atoms with Gasteiger partial charge in [-0.25, -0.2) is 0 Å². The van der Waals surface area contributed by atoms with Crippen LogP contribution in [0.1, 0.15) is 28.4 Å². The first-order chi connectivity index (χ1) is 9.56. The lowest BCUT2D eigenvalue weighted by atomic mass is 10.0. The zero-order valence-corrected chi connectivity index (χ0v) is 11.9. The highest BCUT2D eigenvalue weighted by molar-refractivity contribution is 7.08. The van der Waals surface area contributed by atoms with Crippen molar-refractivity contribution >= 4 is 34.8 Å². The van der Waals surface area contributed by atoms with E-state index in [1.54, 1.807) is 41.1 Å². The Balaban J connectivity index is 2.17. The Hall–Kier alpha value is -1.85. The van der Waals surface area contributed by atoms with Gasteiger partial charge in [0.1, 0.15) is 0 Å². The van der Waals surface area contributed by atoms with Crippen LogP contribution >= 0.6 is 22.9 Å². The molecule has 2 aromatic rings. The van der Waals surface area contributed by atoms with Crippen LogP contribution in [-0.4, -0.2) is 17.0 Å². The summed E-state index contributed by atoms with van der Waals surface area (Å²) >= 11 is 7.22. The average Bonchev–Trinajstić information content (AvgIpc) is 2.92. The molecule has 0 fully saturated rings. The van der Waals surface area contributed by atoms with Gasteiger partial charge >= 0.3 is 5.97 Å². The largest absolute Gasteiger partial charge is 0.481 e. The minimum atomic E-state index is -0.976. The van der Waals surface area contributed by atoms with Crippen molar-refractivity contribution in [3.05, 3.63) is 57.2 Å². The number of carboxylic acids is 1. The molecule has 0 radical (unpaired) electrons. The summed E-state index contributed by atoms with van der Waals surface area (Å²) in [6.45, 7) is 0. The topological polar surface area (TPSA) is 66.4 Å². The second kappa shape index (κ2) is 6.54. The molecule has 2 rings (SSSR count). The molecule has 20 heavy (non-hydrogen) atoms. The van der Waals surface area contributed by atoms with Gasteiger partial charge in [0.05, 0.1) is 18.0 Å². The first-order valence-electron chi connectivity index (χ1n) is 5.86. The number of aliphatic carboxylic acids is 1. The zero-order valence-electron chi connectivity index (χ0n) is 10.4. The van der Waals surface area contributed by atoms with Crippen LogP contribution in [0.3, 0.4) is 0 Å². The van der Waals surface area contributed by atoms with Crippen LogP contribution in [0.2, 0.25) is 5.02 Å². The van der Waals surface area contributed by atoms with Gasteiger partial charge in [0.15, 0.2) is 0 Å². The first kappa shape index (κ1) is 14.6.